The fourth-order valence-electron chi connectivity index (χ4n) is 3.28. The van der Waals surface area contributed by atoms with Crippen LogP contribution in [0.25, 0.3) is 11.5 Å². The van der Waals surface area contributed by atoms with Gasteiger partial charge >= 0.3 is 0 Å². The first-order valence-electron chi connectivity index (χ1n) is 9.14. The molecule has 2 aromatic heterocycles. The molecule has 4 rings (SSSR count). The zero-order chi connectivity index (χ0) is 19.7. The largest absolute Gasteiger partial charge is 0.461 e. The molecule has 1 atom stereocenters. The molecule has 0 fully saturated rings. The number of hydrogen-bond acceptors (Lipinski definition) is 6. The normalized spacial score (nSPS) is 16.7. The summed E-state index contributed by atoms with van der Waals surface area (Å²) in [6.45, 7) is 6.81. The Balaban J connectivity index is 1.49. The molecule has 0 saturated heterocycles. The molecular formula is C21H22N4O3. The van der Waals surface area contributed by atoms with Gasteiger partial charge in [0.25, 0.3) is 5.91 Å². The standard InChI is InChI=1S/C21H22N4O3/c1-13-7-4-5-8-16(13)12-25-15(3)20(14(2)23-25)22-21(26)17-11-19(28-24-17)18-9-6-10-27-18/h4-11,14,23H,12H2,1-3H3,(H,22,26)/t14-/m0/s1. The van der Waals surface area contributed by atoms with E-state index >= 15 is 0 Å². The quantitative estimate of drug-likeness (QED) is 0.706. The van der Waals surface area contributed by atoms with Crippen molar-refractivity contribution in [3.63, 3.8) is 0 Å². The van der Waals surface area contributed by atoms with Crippen LogP contribution in [0.2, 0.25) is 0 Å². The first-order valence-corrected chi connectivity index (χ1v) is 9.14. The molecule has 144 valence electrons. The average molecular weight is 378 g/mol. The van der Waals surface area contributed by atoms with E-state index in [0.717, 1.165) is 17.9 Å². The third kappa shape index (κ3) is 3.44. The monoisotopic (exact) mass is 378 g/mol. The van der Waals surface area contributed by atoms with Crippen molar-refractivity contribution in [1.82, 2.24) is 20.9 Å². The highest BCUT2D eigenvalue weighted by Crippen LogP contribution is 2.23. The number of benzene rings is 1. The van der Waals surface area contributed by atoms with E-state index in [0.29, 0.717) is 11.5 Å². The minimum absolute atomic E-state index is 0.0237. The molecule has 28 heavy (non-hydrogen) atoms. The van der Waals surface area contributed by atoms with E-state index in [2.05, 4.69) is 40.0 Å². The Kier molecular flexibility index (Phi) is 4.75. The lowest BCUT2D eigenvalue weighted by molar-refractivity contribution is 0.0954. The number of nitrogens with zero attached hydrogens (tertiary/aromatic N) is 2. The van der Waals surface area contributed by atoms with Crippen molar-refractivity contribution >= 4 is 5.91 Å². The van der Waals surface area contributed by atoms with Gasteiger partial charge in [-0.1, -0.05) is 29.4 Å². The number of hydrogen-bond donors (Lipinski definition) is 2. The minimum atomic E-state index is -0.317. The molecule has 1 aliphatic rings. The van der Waals surface area contributed by atoms with E-state index < -0.39 is 0 Å². The van der Waals surface area contributed by atoms with Gasteiger partial charge in [0.05, 0.1) is 24.5 Å². The summed E-state index contributed by atoms with van der Waals surface area (Å²) in [6, 6.07) is 13.3. The second-order valence-electron chi connectivity index (χ2n) is 6.87. The van der Waals surface area contributed by atoms with Gasteiger partial charge in [-0.05, 0) is 44.0 Å². The van der Waals surface area contributed by atoms with Crippen LogP contribution in [0.4, 0.5) is 0 Å². The number of aromatic nitrogens is 1. The smallest absolute Gasteiger partial charge is 0.277 e. The van der Waals surface area contributed by atoms with Crippen LogP contribution in [0.15, 0.2) is 69.1 Å². The molecule has 0 unspecified atom stereocenters. The second kappa shape index (κ2) is 7.36. The summed E-state index contributed by atoms with van der Waals surface area (Å²) in [6.07, 6.45) is 1.54. The lowest BCUT2D eigenvalue weighted by Gasteiger charge is -2.22. The second-order valence-corrected chi connectivity index (χ2v) is 6.87. The molecule has 1 aromatic carbocycles. The molecule has 0 saturated carbocycles. The fourth-order valence-corrected chi connectivity index (χ4v) is 3.28. The molecule has 0 spiro atoms. The van der Waals surface area contributed by atoms with Gasteiger partial charge in [-0.3, -0.25) is 4.79 Å². The van der Waals surface area contributed by atoms with Crippen LogP contribution >= 0.6 is 0 Å². The fraction of sp³-hybridized carbons (Fsp3) is 0.238. The molecule has 1 amide bonds. The van der Waals surface area contributed by atoms with Crippen molar-refractivity contribution in [2.24, 2.45) is 0 Å². The molecule has 1 aliphatic heterocycles. The Hall–Kier alpha value is -3.32. The van der Waals surface area contributed by atoms with Crippen molar-refractivity contribution in [2.75, 3.05) is 0 Å². The van der Waals surface area contributed by atoms with Crippen LogP contribution in [-0.2, 0) is 6.54 Å². The number of carbonyl (C=O) groups excluding carboxylic acids is 1. The number of allylic oxidation sites excluding steroid dienone is 1. The van der Waals surface area contributed by atoms with Gasteiger partial charge in [-0.2, -0.15) is 0 Å². The van der Waals surface area contributed by atoms with Crippen LogP contribution in [0, 0.1) is 6.92 Å². The minimum Gasteiger partial charge on any atom is -0.461 e. The number of furan rings is 1. The highest BCUT2D eigenvalue weighted by molar-refractivity contribution is 5.94. The highest BCUT2D eigenvalue weighted by atomic mass is 16.5. The highest BCUT2D eigenvalue weighted by Gasteiger charge is 2.28. The average Bonchev–Trinajstić information content (AvgIpc) is 3.41. The van der Waals surface area contributed by atoms with Crippen LogP contribution in [0.5, 0.6) is 0 Å². The van der Waals surface area contributed by atoms with Crippen molar-refractivity contribution < 1.29 is 13.7 Å². The molecule has 0 bridgehead atoms. The Labute approximate surface area is 163 Å². The van der Waals surface area contributed by atoms with Gasteiger partial charge < -0.3 is 19.3 Å². The van der Waals surface area contributed by atoms with Crippen molar-refractivity contribution in [3.05, 3.63) is 76.9 Å². The molecule has 0 radical (unpaired) electrons. The summed E-state index contributed by atoms with van der Waals surface area (Å²) < 4.78 is 10.5. The Morgan fingerprint density at radius 1 is 1.21 bits per heavy atom. The molecule has 7 nitrogen and oxygen atoms in total. The number of amides is 1. The summed E-state index contributed by atoms with van der Waals surface area (Å²) in [5, 5.41) is 8.88. The van der Waals surface area contributed by atoms with Crippen molar-refractivity contribution in [1.29, 1.82) is 0 Å². The number of hydrazine groups is 1. The Morgan fingerprint density at radius 2 is 2.04 bits per heavy atom. The van der Waals surface area contributed by atoms with Gasteiger partial charge in [-0.25, -0.2) is 5.43 Å². The SMILES string of the molecule is CC1=C(NC(=O)c2cc(-c3ccco3)on2)[C@H](C)NN1Cc1ccccc1C. The first-order chi connectivity index (χ1) is 13.5. The van der Waals surface area contributed by atoms with Crippen molar-refractivity contribution in [3.8, 4) is 11.5 Å². The lowest BCUT2D eigenvalue weighted by atomic mass is 10.1. The summed E-state index contributed by atoms with van der Waals surface area (Å²) in [7, 11) is 0. The van der Waals surface area contributed by atoms with Crippen LogP contribution in [-0.4, -0.2) is 22.1 Å². The van der Waals surface area contributed by atoms with E-state index in [9.17, 15) is 4.79 Å². The molecule has 2 N–H and O–H groups in total. The first kappa shape index (κ1) is 18.1. The zero-order valence-electron chi connectivity index (χ0n) is 16.0. The third-order valence-electron chi connectivity index (χ3n) is 4.92. The number of nitrogens with one attached hydrogen (secondary N) is 2. The number of aryl methyl sites for hydroxylation is 1. The van der Waals surface area contributed by atoms with E-state index in [-0.39, 0.29) is 17.6 Å². The molecular weight excluding hydrogens is 356 g/mol. The maximum Gasteiger partial charge on any atom is 0.277 e. The van der Waals surface area contributed by atoms with Gasteiger partial charge in [0.15, 0.2) is 11.5 Å². The lowest BCUT2D eigenvalue weighted by Crippen LogP contribution is -2.37. The zero-order valence-corrected chi connectivity index (χ0v) is 16.0. The van der Waals surface area contributed by atoms with Gasteiger partial charge in [0, 0.05) is 11.8 Å². The summed E-state index contributed by atoms with van der Waals surface area (Å²) in [5.41, 5.74) is 7.86. The van der Waals surface area contributed by atoms with Gasteiger partial charge in [0.1, 0.15) is 0 Å². The molecule has 7 heteroatoms. The predicted molar refractivity (Wildman–Crippen MR) is 104 cm³/mol. The maximum atomic E-state index is 12.6. The Bertz CT molecular complexity index is 1020. The topological polar surface area (TPSA) is 83.5 Å². The summed E-state index contributed by atoms with van der Waals surface area (Å²) >= 11 is 0. The third-order valence-corrected chi connectivity index (χ3v) is 4.92. The number of carbonyl (C=O) groups is 1. The number of rotatable bonds is 5. The Morgan fingerprint density at radius 3 is 2.79 bits per heavy atom. The summed E-state index contributed by atoms with van der Waals surface area (Å²) in [5.74, 6) is 0.629. The summed E-state index contributed by atoms with van der Waals surface area (Å²) in [4.78, 5) is 12.6. The van der Waals surface area contributed by atoms with Crippen LogP contribution in [0.1, 0.15) is 35.5 Å². The molecule has 3 heterocycles. The molecule has 0 aliphatic carbocycles. The van der Waals surface area contributed by atoms with E-state index in [4.69, 9.17) is 8.94 Å². The van der Waals surface area contributed by atoms with Gasteiger partial charge in [-0.15, -0.1) is 0 Å². The van der Waals surface area contributed by atoms with Crippen LogP contribution < -0.4 is 10.7 Å². The van der Waals surface area contributed by atoms with Crippen LogP contribution in [0.3, 0.4) is 0 Å². The maximum absolute atomic E-state index is 12.6. The predicted octanol–water partition coefficient (Wildman–Crippen LogP) is 3.61. The van der Waals surface area contributed by atoms with E-state index in [1.807, 2.05) is 26.0 Å². The van der Waals surface area contributed by atoms with Gasteiger partial charge in [0.2, 0.25) is 5.76 Å². The van der Waals surface area contributed by atoms with Crippen molar-refractivity contribution in [2.45, 2.75) is 33.4 Å². The molecule has 3 aromatic rings. The van der Waals surface area contributed by atoms with E-state index in [1.165, 1.54) is 11.1 Å². The van der Waals surface area contributed by atoms with E-state index in [1.54, 1.807) is 24.5 Å².